The number of hydrogen-bond acceptors (Lipinski definition) is 4. The van der Waals surface area contributed by atoms with Gasteiger partial charge in [-0.2, -0.15) is 0 Å². The summed E-state index contributed by atoms with van der Waals surface area (Å²) in [6, 6.07) is -0.312. The van der Waals surface area contributed by atoms with Crippen molar-refractivity contribution in [3.8, 4) is 0 Å². The highest BCUT2D eigenvalue weighted by atomic mass is 16.5. The minimum Gasteiger partial charge on any atom is -0.479 e. The van der Waals surface area contributed by atoms with Gasteiger partial charge in [0, 0.05) is 19.6 Å². The molecule has 0 bridgehead atoms. The maximum Gasteiger partial charge on any atom is 0.329 e. The monoisotopic (exact) mass is 301 g/mol. The van der Waals surface area contributed by atoms with E-state index >= 15 is 0 Å². The van der Waals surface area contributed by atoms with Gasteiger partial charge < -0.3 is 25.0 Å². The van der Waals surface area contributed by atoms with E-state index in [1.807, 2.05) is 25.9 Å². The van der Waals surface area contributed by atoms with E-state index in [1.165, 1.54) is 4.90 Å². The molecule has 0 aromatic carbocycles. The molecular weight excluding hydrogens is 274 g/mol. The summed E-state index contributed by atoms with van der Waals surface area (Å²) in [7, 11) is 3.93. The largest absolute Gasteiger partial charge is 0.479 e. The number of likely N-dealkylation sites (tertiary alicyclic amines) is 1. The topological polar surface area (TPSA) is 82.1 Å². The first-order valence-corrected chi connectivity index (χ1v) is 7.45. The molecule has 0 saturated carbocycles. The smallest absolute Gasteiger partial charge is 0.329 e. The van der Waals surface area contributed by atoms with Gasteiger partial charge in [-0.15, -0.1) is 0 Å². The number of amides is 2. The molecule has 1 saturated heterocycles. The van der Waals surface area contributed by atoms with Gasteiger partial charge in [-0.1, -0.05) is 6.92 Å². The highest BCUT2D eigenvalue weighted by molar-refractivity contribution is 5.87. The van der Waals surface area contributed by atoms with E-state index in [2.05, 4.69) is 5.32 Å². The molecule has 21 heavy (non-hydrogen) atoms. The Morgan fingerprint density at radius 1 is 1.38 bits per heavy atom. The summed E-state index contributed by atoms with van der Waals surface area (Å²) < 4.78 is 5.39. The molecule has 0 aromatic rings. The molecule has 122 valence electrons. The fraction of sp³-hybridized carbons (Fsp3) is 0.857. The van der Waals surface area contributed by atoms with Crippen molar-refractivity contribution < 1.29 is 19.4 Å². The molecule has 1 rings (SSSR count). The van der Waals surface area contributed by atoms with Crippen LogP contribution in [0.2, 0.25) is 0 Å². The molecule has 1 aliphatic heterocycles. The fourth-order valence-electron chi connectivity index (χ4n) is 2.59. The molecule has 0 spiro atoms. The van der Waals surface area contributed by atoms with Crippen LogP contribution in [0.15, 0.2) is 0 Å². The number of hydrogen-bond donors (Lipinski definition) is 2. The Bertz CT molecular complexity index is 362. The van der Waals surface area contributed by atoms with Crippen molar-refractivity contribution in [3.05, 3.63) is 0 Å². The highest BCUT2D eigenvalue weighted by Gasteiger charge is 2.48. The third-order valence-electron chi connectivity index (χ3n) is 3.92. The number of carbonyl (C=O) groups excluding carboxylic acids is 1. The molecule has 7 heteroatoms. The summed E-state index contributed by atoms with van der Waals surface area (Å²) in [4.78, 5) is 27.1. The Balaban J connectivity index is 2.36. The number of nitrogens with one attached hydrogen (secondary N) is 1. The van der Waals surface area contributed by atoms with Crippen LogP contribution in [0.1, 0.15) is 26.2 Å². The second kappa shape index (κ2) is 8.19. The summed E-state index contributed by atoms with van der Waals surface area (Å²) in [5, 5.41) is 12.2. The zero-order chi connectivity index (χ0) is 15.9. The summed E-state index contributed by atoms with van der Waals surface area (Å²) in [6.45, 7) is 4.57. The summed E-state index contributed by atoms with van der Waals surface area (Å²) in [5.74, 6) is -0.917. The van der Waals surface area contributed by atoms with Crippen LogP contribution in [0.25, 0.3) is 0 Å². The number of urea groups is 1. The highest BCUT2D eigenvalue weighted by Crippen LogP contribution is 2.32. The minimum atomic E-state index is -1.05. The normalized spacial score (nSPS) is 21.8. The molecular formula is C14H27N3O4. The number of rotatable bonds is 8. The van der Waals surface area contributed by atoms with Gasteiger partial charge in [0.1, 0.15) is 5.54 Å². The van der Waals surface area contributed by atoms with Crippen LogP contribution in [0.4, 0.5) is 4.79 Å². The van der Waals surface area contributed by atoms with E-state index in [-0.39, 0.29) is 6.03 Å². The van der Waals surface area contributed by atoms with Gasteiger partial charge in [0.2, 0.25) is 0 Å². The van der Waals surface area contributed by atoms with Crippen molar-refractivity contribution in [2.45, 2.75) is 31.7 Å². The summed E-state index contributed by atoms with van der Waals surface area (Å²) in [5.41, 5.74) is -1.05. The Morgan fingerprint density at radius 2 is 2.10 bits per heavy atom. The van der Waals surface area contributed by atoms with Crippen molar-refractivity contribution in [2.24, 2.45) is 0 Å². The van der Waals surface area contributed by atoms with Crippen molar-refractivity contribution in [3.63, 3.8) is 0 Å². The zero-order valence-electron chi connectivity index (χ0n) is 13.2. The standard InChI is InChI=1S/C14H27N3O4/c1-4-14(12(18)19)6-5-8-17(14)13(20)15-7-10-21-11-9-16(2)3/h4-11H2,1-3H3,(H,15,20)(H,18,19). The first-order chi connectivity index (χ1) is 9.94. The zero-order valence-corrected chi connectivity index (χ0v) is 13.2. The number of likely N-dealkylation sites (N-methyl/N-ethyl adjacent to an activating group) is 1. The lowest BCUT2D eigenvalue weighted by Crippen LogP contribution is -2.56. The number of ether oxygens (including phenoxy) is 1. The minimum absolute atomic E-state index is 0.312. The van der Waals surface area contributed by atoms with E-state index in [0.29, 0.717) is 39.1 Å². The second-order valence-electron chi connectivity index (χ2n) is 5.59. The van der Waals surface area contributed by atoms with E-state index < -0.39 is 11.5 Å². The predicted octanol–water partition coefficient (Wildman–Crippen LogP) is 0.603. The third-order valence-corrected chi connectivity index (χ3v) is 3.92. The lowest BCUT2D eigenvalue weighted by atomic mass is 9.93. The number of carboxylic acid groups (broad SMARTS) is 1. The predicted molar refractivity (Wildman–Crippen MR) is 79.4 cm³/mol. The van der Waals surface area contributed by atoms with Crippen LogP contribution >= 0.6 is 0 Å². The van der Waals surface area contributed by atoms with Gasteiger partial charge in [-0.3, -0.25) is 0 Å². The van der Waals surface area contributed by atoms with Crippen LogP contribution in [-0.2, 0) is 9.53 Å². The van der Waals surface area contributed by atoms with E-state index in [1.54, 1.807) is 0 Å². The number of carboxylic acids is 1. The molecule has 1 heterocycles. The van der Waals surface area contributed by atoms with Crippen LogP contribution in [-0.4, -0.2) is 79.4 Å². The van der Waals surface area contributed by atoms with Crippen molar-refractivity contribution in [1.29, 1.82) is 0 Å². The van der Waals surface area contributed by atoms with Crippen LogP contribution < -0.4 is 5.32 Å². The van der Waals surface area contributed by atoms with Gasteiger partial charge in [0.15, 0.2) is 0 Å². The molecule has 1 fully saturated rings. The number of aliphatic carboxylic acids is 1. The van der Waals surface area contributed by atoms with Gasteiger partial charge in [-0.05, 0) is 33.4 Å². The lowest BCUT2D eigenvalue weighted by molar-refractivity contribution is -0.148. The first-order valence-electron chi connectivity index (χ1n) is 7.45. The average Bonchev–Trinajstić information content (AvgIpc) is 2.87. The van der Waals surface area contributed by atoms with Crippen LogP contribution in [0.3, 0.4) is 0 Å². The van der Waals surface area contributed by atoms with Gasteiger partial charge in [0.05, 0.1) is 13.2 Å². The molecule has 0 radical (unpaired) electrons. The molecule has 2 amide bonds. The Hall–Kier alpha value is -1.34. The van der Waals surface area contributed by atoms with Crippen molar-refractivity contribution >= 4 is 12.0 Å². The van der Waals surface area contributed by atoms with Gasteiger partial charge in [-0.25, -0.2) is 9.59 Å². The SMILES string of the molecule is CCC1(C(=O)O)CCCN1C(=O)NCCOCCN(C)C. The lowest BCUT2D eigenvalue weighted by Gasteiger charge is -2.33. The van der Waals surface area contributed by atoms with Crippen LogP contribution in [0, 0.1) is 0 Å². The Kier molecular flexibility index (Phi) is 6.91. The van der Waals surface area contributed by atoms with Crippen LogP contribution in [0.5, 0.6) is 0 Å². The Labute approximate surface area is 126 Å². The molecule has 1 atom stereocenters. The van der Waals surface area contributed by atoms with Crippen molar-refractivity contribution in [2.75, 3.05) is 46.9 Å². The maximum absolute atomic E-state index is 12.2. The summed E-state index contributed by atoms with van der Waals surface area (Å²) >= 11 is 0. The van der Waals surface area contributed by atoms with Gasteiger partial charge in [0.25, 0.3) is 0 Å². The van der Waals surface area contributed by atoms with Crippen molar-refractivity contribution in [1.82, 2.24) is 15.1 Å². The summed E-state index contributed by atoms with van der Waals surface area (Å²) in [6.07, 6.45) is 1.67. The molecule has 0 aliphatic carbocycles. The third kappa shape index (κ3) is 4.57. The number of nitrogens with zero attached hydrogens (tertiary/aromatic N) is 2. The molecule has 0 aromatic heterocycles. The maximum atomic E-state index is 12.2. The van der Waals surface area contributed by atoms with E-state index in [9.17, 15) is 14.7 Å². The average molecular weight is 301 g/mol. The van der Waals surface area contributed by atoms with Gasteiger partial charge >= 0.3 is 12.0 Å². The fourth-order valence-corrected chi connectivity index (χ4v) is 2.59. The Morgan fingerprint density at radius 3 is 2.67 bits per heavy atom. The second-order valence-corrected chi connectivity index (χ2v) is 5.59. The first kappa shape index (κ1) is 17.7. The quantitative estimate of drug-likeness (QED) is 0.642. The molecule has 1 unspecified atom stereocenters. The van der Waals surface area contributed by atoms with E-state index in [0.717, 1.165) is 13.0 Å². The molecule has 2 N–H and O–H groups in total. The van der Waals surface area contributed by atoms with E-state index in [4.69, 9.17) is 4.74 Å². The molecule has 1 aliphatic rings. The molecule has 7 nitrogen and oxygen atoms in total. The number of carbonyl (C=O) groups is 2.